The molecule has 6 heteroatoms. The number of aromatic nitrogens is 1. The molecule has 30 heavy (non-hydrogen) atoms. The minimum absolute atomic E-state index is 0.138. The average Bonchev–Trinajstić information content (AvgIpc) is 3.14. The lowest BCUT2D eigenvalue weighted by molar-refractivity contribution is -0.116. The second-order valence-corrected chi connectivity index (χ2v) is 7.00. The van der Waals surface area contributed by atoms with E-state index in [0.29, 0.717) is 36.1 Å². The van der Waals surface area contributed by atoms with Gasteiger partial charge in [-0.1, -0.05) is 43.7 Å². The third-order valence-electron chi connectivity index (χ3n) is 4.66. The zero-order chi connectivity index (χ0) is 21.3. The largest absolute Gasteiger partial charge is 0.497 e. The minimum Gasteiger partial charge on any atom is -0.497 e. The highest BCUT2D eigenvalue weighted by molar-refractivity contribution is 5.92. The van der Waals surface area contributed by atoms with E-state index in [9.17, 15) is 4.79 Å². The van der Waals surface area contributed by atoms with E-state index in [4.69, 9.17) is 13.9 Å². The van der Waals surface area contributed by atoms with Crippen LogP contribution in [0.15, 0.2) is 52.9 Å². The number of amides is 1. The van der Waals surface area contributed by atoms with Gasteiger partial charge in [-0.05, 0) is 25.5 Å². The summed E-state index contributed by atoms with van der Waals surface area (Å²) < 4.78 is 17.0. The summed E-state index contributed by atoms with van der Waals surface area (Å²) in [6, 6.07) is 15.2. The van der Waals surface area contributed by atoms with Gasteiger partial charge in [0.1, 0.15) is 11.5 Å². The third-order valence-corrected chi connectivity index (χ3v) is 4.66. The summed E-state index contributed by atoms with van der Waals surface area (Å²) in [5.74, 6) is 2.44. The summed E-state index contributed by atoms with van der Waals surface area (Å²) >= 11 is 0. The van der Waals surface area contributed by atoms with Gasteiger partial charge in [-0.3, -0.25) is 4.79 Å². The van der Waals surface area contributed by atoms with Crippen molar-refractivity contribution < 1.29 is 18.7 Å². The van der Waals surface area contributed by atoms with Crippen molar-refractivity contribution in [2.45, 2.75) is 39.5 Å². The van der Waals surface area contributed by atoms with Gasteiger partial charge in [0, 0.05) is 24.5 Å². The maximum atomic E-state index is 12.6. The van der Waals surface area contributed by atoms with Crippen LogP contribution in [-0.4, -0.2) is 24.6 Å². The lowest BCUT2D eigenvalue weighted by atomic mass is 10.1. The zero-order valence-corrected chi connectivity index (χ0v) is 17.7. The minimum atomic E-state index is -0.138. The molecule has 1 N–H and O–H groups in total. The van der Waals surface area contributed by atoms with E-state index in [0.717, 1.165) is 29.9 Å². The Kier molecular flexibility index (Phi) is 7.49. The van der Waals surface area contributed by atoms with E-state index in [-0.39, 0.29) is 12.3 Å². The first-order valence-electron chi connectivity index (χ1n) is 10.2. The molecule has 0 aliphatic rings. The number of hydrogen-bond acceptors (Lipinski definition) is 5. The van der Waals surface area contributed by atoms with Crippen molar-refractivity contribution in [3.05, 3.63) is 60.1 Å². The van der Waals surface area contributed by atoms with E-state index in [1.807, 2.05) is 49.4 Å². The molecule has 0 radical (unpaired) electrons. The molecule has 1 amide bonds. The summed E-state index contributed by atoms with van der Waals surface area (Å²) in [6.07, 6.45) is 2.65. The van der Waals surface area contributed by atoms with Crippen LogP contribution < -0.4 is 14.8 Å². The summed E-state index contributed by atoms with van der Waals surface area (Å²) in [4.78, 5) is 17.0. The van der Waals surface area contributed by atoms with Gasteiger partial charge >= 0.3 is 0 Å². The van der Waals surface area contributed by atoms with Crippen molar-refractivity contribution in [3.63, 3.8) is 0 Å². The van der Waals surface area contributed by atoms with Crippen LogP contribution in [0.2, 0.25) is 0 Å². The van der Waals surface area contributed by atoms with Gasteiger partial charge < -0.3 is 19.2 Å². The molecule has 0 saturated heterocycles. The first-order valence-corrected chi connectivity index (χ1v) is 10.2. The molecule has 158 valence electrons. The van der Waals surface area contributed by atoms with Crippen molar-refractivity contribution in [1.82, 2.24) is 4.98 Å². The van der Waals surface area contributed by atoms with Crippen LogP contribution in [0.5, 0.6) is 11.5 Å². The second kappa shape index (κ2) is 10.5. The highest BCUT2D eigenvalue weighted by Gasteiger charge is 2.14. The smallest absolute Gasteiger partial charge is 0.224 e. The fraction of sp³-hybridized carbons (Fsp3) is 0.333. The number of methoxy groups -OCH3 is 1. The Balaban J connectivity index is 1.63. The molecule has 3 aromatic rings. The highest BCUT2D eigenvalue weighted by atomic mass is 16.5. The Labute approximate surface area is 177 Å². The molecule has 3 rings (SSSR count). The molecule has 0 fully saturated rings. The van der Waals surface area contributed by atoms with Crippen molar-refractivity contribution in [2.24, 2.45) is 0 Å². The Morgan fingerprint density at radius 2 is 1.97 bits per heavy atom. The number of nitrogens with zero attached hydrogens (tertiary/aromatic N) is 1. The van der Waals surface area contributed by atoms with Crippen LogP contribution in [0, 0.1) is 6.92 Å². The molecule has 0 saturated carbocycles. The molecule has 0 atom stereocenters. The van der Waals surface area contributed by atoms with Crippen LogP contribution in [0.25, 0.3) is 11.3 Å². The summed E-state index contributed by atoms with van der Waals surface area (Å²) in [6.45, 7) is 4.61. The monoisotopic (exact) mass is 408 g/mol. The molecule has 0 bridgehead atoms. The topological polar surface area (TPSA) is 73.6 Å². The Hall–Kier alpha value is -3.28. The Morgan fingerprint density at radius 1 is 1.17 bits per heavy atom. The second-order valence-electron chi connectivity index (χ2n) is 7.00. The molecule has 1 aromatic heterocycles. The predicted molar refractivity (Wildman–Crippen MR) is 117 cm³/mol. The quantitative estimate of drug-likeness (QED) is 0.454. The zero-order valence-electron chi connectivity index (χ0n) is 17.7. The van der Waals surface area contributed by atoms with Gasteiger partial charge in [0.05, 0.1) is 25.1 Å². The molecule has 2 aromatic carbocycles. The predicted octanol–water partition coefficient (Wildman–Crippen LogP) is 5.41. The van der Waals surface area contributed by atoms with Gasteiger partial charge in [-0.2, -0.15) is 0 Å². The number of oxazole rings is 1. The summed E-state index contributed by atoms with van der Waals surface area (Å²) in [5, 5.41) is 2.92. The molecule has 0 spiro atoms. The van der Waals surface area contributed by atoms with E-state index in [1.54, 1.807) is 13.2 Å². The van der Waals surface area contributed by atoms with Gasteiger partial charge in [0.2, 0.25) is 5.91 Å². The Bertz CT molecular complexity index is 967. The first kappa shape index (κ1) is 21.4. The van der Waals surface area contributed by atoms with Crippen molar-refractivity contribution in [1.29, 1.82) is 0 Å². The van der Waals surface area contributed by atoms with Gasteiger partial charge in [0.25, 0.3) is 0 Å². The number of hydrogen-bond donors (Lipinski definition) is 1. The Morgan fingerprint density at radius 3 is 2.70 bits per heavy atom. The number of carbonyl (C=O) groups excluding carboxylic acids is 1. The van der Waals surface area contributed by atoms with Crippen LogP contribution in [0.3, 0.4) is 0 Å². The van der Waals surface area contributed by atoms with Gasteiger partial charge in [-0.15, -0.1) is 0 Å². The number of carbonyl (C=O) groups is 1. The van der Waals surface area contributed by atoms with E-state index < -0.39 is 0 Å². The summed E-state index contributed by atoms with van der Waals surface area (Å²) in [7, 11) is 1.59. The van der Waals surface area contributed by atoms with E-state index >= 15 is 0 Å². The van der Waals surface area contributed by atoms with Crippen molar-refractivity contribution in [2.75, 3.05) is 19.0 Å². The maximum Gasteiger partial charge on any atom is 0.224 e. The molecule has 0 aliphatic carbocycles. The van der Waals surface area contributed by atoms with Gasteiger partial charge in [0.15, 0.2) is 11.7 Å². The average molecular weight is 408 g/mol. The fourth-order valence-electron chi connectivity index (χ4n) is 3.04. The SMILES string of the molecule is CCCCOc1ccc(OC)cc1NC(=O)CCc1nc(C)c(-c2ccccc2)o1. The highest BCUT2D eigenvalue weighted by Crippen LogP contribution is 2.30. The van der Waals surface area contributed by atoms with Crippen LogP contribution in [-0.2, 0) is 11.2 Å². The lowest BCUT2D eigenvalue weighted by Gasteiger charge is -2.13. The maximum absolute atomic E-state index is 12.6. The van der Waals surface area contributed by atoms with Gasteiger partial charge in [-0.25, -0.2) is 4.98 Å². The number of unbranched alkanes of at least 4 members (excludes halogenated alkanes) is 1. The fourth-order valence-corrected chi connectivity index (χ4v) is 3.04. The van der Waals surface area contributed by atoms with E-state index in [2.05, 4.69) is 17.2 Å². The molecule has 6 nitrogen and oxygen atoms in total. The molecule has 0 unspecified atom stereocenters. The van der Waals surface area contributed by atoms with Crippen LogP contribution >= 0.6 is 0 Å². The normalized spacial score (nSPS) is 10.6. The molecular formula is C24H28N2O4. The van der Waals surface area contributed by atoms with Crippen molar-refractivity contribution in [3.8, 4) is 22.8 Å². The molecular weight excluding hydrogens is 380 g/mol. The number of ether oxygens (including phenoxy) is 2. The molecule has 1 heterocycles. The number of nitrogens with one attached hydrogen (secondary N) is 1. The van der Waals surface area contributed by atoms with Crippen LogP contribution in [0.4, 0.5) is 5.69 Å². The number of benzene rings is 2. The number of aryl methyl sites for hydroxylation is 2. The lowest BCUT2D eigenvalue weighted by Crippen LogP contribution is -2.14. The third kappa shape index (κ3) is 5.63. The standard InChI is InChI=1S/C24H28N2O4/c1-4-5-15-29-21-12-11-19(28-3)16-20(21)26-22(27)13-14-23-25-17(2)24(30-23)18-9-7-6-8-10-18/h6-12,16H,4-5,13-15H2,1-3H3,(H,26,27). The first-order chi connectivity index (χ1) is 14.6. The number of rotatable bonds is 10. The van der Waals surface area contributed by atoms with E-state index in [1.165, 1.54) is 0 Å². The van der Waals surface area contributed by atoms with Crippen LogP contribution in [0.1, 0.15) is 37.8 Å². The number of anilines is 1. The van der Waals surface area contributed by atoms with Crippen molar-refractivity contribution >= 4 is 11.6 Å². The summed E-state index contributed by atoms with van der Waals surface area (Å²) in [5.41, 5.74) is 2.39. The molecule has 0 aliphatic heterocycles.